The van der Waals surface area contributed by atoms with Crippen LogP contribution in [0.4, 0.5) is 0 Å². The Labute approximate surface area is 191 Å². The quantitative estimate of drug-likeness (QED) is 0.247. The normalized spacial score (nSPS) is 11.4. The van der Waals surface area contributed by atoms with Crippen molar-refractivity contribution in [1.29, 1.82) is 0 Å². The van der Waals surface area contributed by atoms with Gasteiger partial charge < -0.3 is 9.05 Å². The number of rotatable bonds is 6. The molecule has 0 atom stereocenters. The molecule has 0 saturated heterocycles. The van der Waals surface area contributed by atoms with E-state index < -0.39 is 13.1 Å². The SMILES string of the molecule is Cc1ccc(C(=O)P(=O)(Oc2cccc3ccccc23)Oc2cccc3ccccc23)cc1. The van der Waals surface area contributed by atoms with Crippen molar-refractivity contribution in [2.45, 2.75) is 6.92 Å². The van der Waals surface area contributed by atoms with Crippen LogP contribution in [-0.4, -0.2) is 5.52 Å². The lowest BCUT2D eigenvalue weighted by molar-refractivity contribution is 0.104. The molecule has 5 rings (SSSR count). The molecule has 33 heavy (non-hydrogen) atoms. The lowest BCUT2D eigenvalue weighted by Gasteiger charge is -2.21. The lowest BCUT2D eigenvalue weighted by atomic mass is 10.1. The summed E-state index contributed by atoms with van der Waals surface area (Å²) in [5.41, 5.74) is 0.569. The number of carbonyl (C=O) groups is 1. The van der Waals surface area contributed by atoms with E-state index in [0.717, 1.165) is 27.1 Å². The minimum absolute atomic E-state index is 0.268. The average Bonchev–Trinajstić information content (AvgIpc) is 2.84. The molecule has 4 nitrogen and oxygen atoms in total. The van der Waals surface area contributed by atoms with Crippen LogP contribution in [0.1, 0.15) is 15.9 Å². The minimum Gasteiger partial charge on any atom is -0.410 e. The van der Waals surface area contributed by atoms with Gasteiger partial charge in [-0.25, -0.2) is 4.57 Å². The van der Waals surface area contributed by atoms with Crippen molar-refractivity contribution in [2.75, 3.05) is 0 Å². The van der Waals surface area contributed by atoms with Crippen LogP contribution in [0.5, 0.6) is 11.5 Å². The summed E-state index contributed by atoms with van der Waals surface area (Å²) in [4.78, 5) is 13.5. The monoisotopic (exact) mass is 452 g/mol. The van der Waals surface area contributed by atoms with Crippen molar-refractivity contribution in [3.8, 4) is 11.5 Å². The number of hydrogen-bond donors (Lipinski definition) is 0. The highest BCUT2D eigenvalue weighted by Gasteiger charge is 2.40. The Morgan fingerprint density at radius 3 is 1.58 bits per heavy atom. The molecule has 162 valence electrons. The number of benzene rings is 5. The van der Waals surface area contributed by atoms with Crippen molar-refractivity contribution in [3.63, 3.8) is 0 Å². The Morgan fingerprint density at radius 1 is 0.606 bits per heavy atom. The van der Waals surface area contributed by atoms with Gasteiger partial charge in [0.15, 0.2) is 0 Å². The fourth-order valence-corrected chi connectivity index (χ4v) is 5.27. The third kappa shape index (κ3) is 4.13. The molecular weight excluding hydrogens is 431 g/mol. The van der Waals surface area contributed by atoms with Crippen molar-refractivity contribution in [3.05, 3.63) is 120 Å². The smallest absolute Gasteiger partial charge is 0.410 e. The van der Waals surface area contributed by atoms with Gasteiger partial charge >= 0.3 is 7.60 Å². The molecule has 0 aliphatic rings. The number of carbonyl (C=O) groups excluding carboxylic acids is 1. The van der Waals surface area contributed by atoms with Gasteiger partial charge in [-0.2, -0.15) is 0 Å². The van der Waals surface area contributed by atoms with Crippen LogP contribution < -0.4 is 9.05 Å². The Balaban J connectivity index is 1.63. The maximum Gasteiger partial charge on any atom is 0.503 e. The summed E-state index contributed by atoms with van der Waals surface area (Å²) in [6.45, 7) is 1.92. The fraction of sp³-hybridized carbons (Fsp3) is 0.0357. The molecule has 0 aliphatic carbocycles. The summed E-state index contributed by atoms with van der Waals surface area (Å²) in [6.07, 6.45) is 0. The fourth-order valence-electron chi connectivity index (χ4n) is 3.77. The van der Waals surface area contributed by atoms with Crippen LogP contribution >= 0.6 is 7.60 Å². The van der Waals surface area contributed by atoms with E-state index in [1.54, 1.807) is 48.5 Å². The Kier molecular flexibility index (Phi) is 5.45. The Bertz CT molecular complexity index is 1430. The molecular formula is C28H21O4P. The molecule has 5 heteroatoms. The second-order valence-corrected chi connectivity index (χ2v) is 9.57. The number of hydrogen-bond acceptors (Lipinski definition) is 4. The van der Waals surface area contributed by atoms with E-state index in [9.17, 15) is 9.36 Å². The molecule has 0 saturated carbocycles. The van der Waals surface area contributed by atoms with Gasteiger partial charge in [-0.3, -0.25) is 4.79 Å². The van der Waals surface area contributed by atoms with Crippen molar-refractivity contribution in [1.82, 2.24) is 0 Å². The van der Waals surface area contributed by atoms with Crippen molar-refractivity contribution >= 4 is 34.7 Å². The average molecular weight is 452 g/mol. The van der Waals surface area contributed by atoms with Crippen LogP contribution in [-0.2, 0) is 4.57 Å². The summed E-state index contributed by atoms with van der Waals surface area (Å²) in [5.74, 6) is 0.661. The summed E-state index contributed by atoms with van der Waals surface area (Å²) in [6, 6.07) is 32.9. The molecule has 0 N–H and O–H groups in total. The molecule has 0 bridgehead atoms. The maximum atomic E-state index is 14.2. The summed E-state index contributed by atoms with van der Waals surface area (Å²) < 4.78 is 26.2. The Morgan fingerprint density at radius 2 is 1.06 bits per heavy atom. The van der Waals surface area contributed by atoms with Gasteiger partial charge in [0, 0.05) is 16.3 Å². The largest absolute Gasteiger partial charge is 0.503 e. The van der Waals surface area contributed by atoms with Gasteiger partial charge in [0.2, 0.25) is 0 Å². The van der Waals surface area contributed by atoms with E-state index in [1.165, 1.54) is 0 Å². The molecule has 0 amide bonds. The second-order valence-electron chi connectivity index (χ2n) is 7.81. The zero-order valence-electron chi connectivity index (χ0n) is 18.0. The van der Waals surface area contributed by atoms with Gasteiger partial charge in [-0.05, 0) is 29.8 Å². The minimum atomic E-state index is -4.34. The van der Waals surface area contributed by atoms with Gasteiger partial charge in [0.05, 0.1) is 0 Å². The van der Waals surface area contributed by atoms with E-state index in [4.69, 9.17) is 9.05 Å². The zero-order chi connectivity index (χ0) is 22.8. The highest BCUT2D eigenvalue weighted by atomic mass is 31.2. The molecule has 0 aromatic heterocycles. The first kappa shape index (κ1) is 21.0. The van der Waals surface area contributed by atoms with Crippen LogP contribution in [0.2, 0.25) is 0 Å². The van der Waals surface area contributed by atoms with Crippen LogP contribution in [0.15, 0.2) is 109 Å². The standard InChI is InChI=1S/C28H21O4P/c1-20-16-18-23(19-17-20)28(29)33(30,31-26-14-6-10-21-8-2-4-12-24(21)26)32-27-15-7-11-22-9-3-5-13-25(22)27/h2-19H,1H3. The first-order valence-corrected chi connectivity index (χ1v) is 12.1. The maximum absolute atomic E-state index is 14.2. The van der Waals surface area contributed by atoms with Crippen LogP contribution in [0.25, 0.3) is 21.5 Å². The second kappa shape index (κ2) is 8.57. The van der Waals surface area contributed by atoms with E-state index >= 15 is 0 Å². The summed E-state index contributed by atoms with van der Waals surface area (Å²) >= 11 is 0. The van der Waals surface area contributed by atoms with Crippen LogP contribution in [0.3, 0.4) is 0 Å². The third-order valence-corrected chi connectivity index (χ3v) is 7.11. The predicted molar refractivity (Wildman–Crippen MR) is 132 cm³/mol. The molecule has 0 heterocycles. The number of fused-ring (bicyclic) bond motifs is 2. The number of aryl methyl sites for hydroxylation is 1. The zero-order valence-corrected chi connectivity index (χ0v) is 18.9. The molecule has 0 unspecified atom stereocenters. The van der Waals surface area contributed by atoms with Crippen molar-refractivity contribution < 1.29 is 18.4 Å². The molecule has 0 spiro atoms. The lowest BCUT2D eigenvalue weighted by Crippen LogP contribution is -2.12. The van der Waals surface area contributed by atoms with E-state index in [-0.39, 0.29) is 5.56 Å². The Hall–Kier alpha value is -3.88. The van der Waals surface area contributed by atoms with Gasteiger partial charge in [-0.1, -0.05) is 103 Å². The topological polar surface area (TPSA) is 52.6 Å². The first-order valence-electron chi connectivity index (χ1n) is 10.6. The highest BCUT2D eigenvalue weighted by Crippen LogP contribution is 2.53. The van der Waals surface area contributed by atoms with Gasteiger partial charge in [0.1, 0.15) is 11.5 Å². The van der Waals surface area contributed by atoms with E-state index in [1.807, 2.05) is 67.6 Å². The van der Waals surface area contributed by atoms with Gasteiger partial charge in [-0.15, -0.1) is 0 Å². The molecule has 0 aliphatic heterocycles. The predicted octanol–water partition coefficient (Wildman–Crippen LogP) is 7.79. The van der Waals surface area contributed by atoms with Crippen molar-refractivity contribution in [2.24, 2.45) is 0 Å². The molecule has 5 aromatic rings. The summed E-state index contributed by atoms with van der Waals surface area (Å²) in [7, 11) is -4.34. The first-order chi connectivity index (χ1) is 16.0. The molecule has 5 aromatic carbocycles. The van der Waals surface area contributed by atoms with E-state index in [2.05, 4.69) is 0 Å². The molecule has 0 radical (unpaired) electrons. The van der Waals surface area contributed by atoms with Gasteiger partial charge in [0.25, 0.3) is 5.52 Å². The van der Waals surface area contributed by atoms with E-state index in [0.29, 0.717) is 11.5 Å². The summed E-state index contributed by atoms with van der Waals surface area (Å²) in [5, 5.41) is 3.32. The van der Waals surface area contributed by atoms with Crippen LogP contribution in [0, 0.1) is 6.92 Å². The molecule has 0 fully saturated rings. The highest BCUT2D eigenvalue weighted by molar-refractivity contribution is 7.73. The third-order valence-electron chi connectivity index (χ3n) is 5.48.